The number of amides is 2. The van der Waals surface area contributed by atoms with Gasteiger partial charge in [0.2, 0.25) is 5.91 Å². The molecule has 9 heteroatoms. The highest BCUT2D eigenvalue weighted by atomic mass is 35.5. The zero-order valence-electron chi connectivity index (χ0n) is 21.6. The largest absolute Gasteiger partial charge is 0.349 e. The first kappa shape index (κ1) is 24.6. The maximum absolute atomic E-state index is 13.0. The van der Waals surface area contributed by atoms with Crippen molar-refractivity contribution in [1.82, 2.24) is 20.1 Å². The van der Waals surface area contributed by atoms with E-state index in [1.807, 2.05) is 32.2 Å². The summed E-state index contributed by atoms with van der Waals surface area (Å²) >= 11 is 6.19. The number of carbonyl (C=O) groups excluding carboxylic acids is 2. The predicted molar refractivity (Wildman–Crippen MR) is 143 cm³/mol. The molecule has 38 heavy (non-hydrogen) atoms. The number of halogens is 1. The Morgan fingerprint density at radius 1 is 1.29 bits per heavy atom. The van der Waals surface area contributed by atoms with Crippen LogP contribution in [0.2, 0.25) is 5.02 Å². The maximum Gasteiger partial charge on any atom is 0.254 e. The highest BCUT2D eigenvalue weighted by molar-refractivity contribution is 6.30. The lowest BCUT2D eigenvalue weighted by molar-refractivity contribution is -0.118. The van der Waals surface area contributed by atoms with Crippen molar-refractivity contribution < 1.29 is 9.59 Å². The number of hydrogen-bond donors (Lipinski definition) is 1. The average Bonchev–Trinajstić information content (AvgIpc) is 3.33. The molecule has 6 rings (SSSR count). The van der Waals surface area contributed by atoms with Gasteiger partial charge in [0.05, 0.1) is 29.4 Å². The SMILES string of the molecule is Cc1cc(N2C[C@H]3C[C@H]3C2=O)ncc1[C@H](C)n1cc(C(=O)NC2CC(C)(c3cc(Cl)ccc3C#N)C2)cn1. The molecule has 3 atom stereocenters. The topological polar surface area (TPSA) is 104 Å². The summed E-state index contributed by atoms with van der Waals surface area (Å²) in [5.41, 5.74) is 3.87. The first-order valence-corrected chi connectivity index (χ1v) is 13.4. The molecule has 3 heterocycles. The van der Waals surface area contributed by atoms with Gasteiger partial charge in [-0.2, -0.15) is 10.4 Å². The molecule has 8 nitrogen and oxygen atoms in total. The molecule has 2 amide bonds. The van der Waals surface area contributed by atoms with E-state index in [-0.39, 0.29) is 35.2 Å². The van der Waals surface area contributed by atoms with Crippen LogP contribution in [0.15, 0.2) is 42.9 Å². The molecule has 0 unspecified atom stereocenters. The first-order chi connectivity index (χ1) is 18.2. The number of benzene rings is 1. The van der Waals surface area contributed by atoms with Crippen LogP contribution in [0.3, 0.4) is 0 Å². The standard InChI is InChI=1S/C29H29ClN6O2/c1-16-6-26(35-14-19-7-23(19)28(35)38)32-13-24(16)17(2)36-15-20(12-33-36)27(37)34-22-9-29(3,10-22)25-8-21(30)5-4-18(25)11-31/h4-6,8,12-13,15,17,19,22-23H,7,9-10,14H2,1-3H3,(H,34,37)/t17-,19+,22?,23+,29?/m0/s1. The summed E-state index contributed by atoms with van der Waals surface area (Å²) in [4.78, 5) is 31.8. The van der Waals surface area contributed by atoms with Crippen molar-refractivity contribution in [1.29, 1.82) is 5.26 Å². The van der Waals surface area contributed by atoms with E-state index >= 15 is 0 Å². The molecular formula is C29H29ClN6O2. The third-order valence-corrected chi connectivity index (χ3v) is 8.76. The van der Waals surface area contributed by atoms with E-state index in [0.717, 1.165) is 42.5 Å². The maximum atomic E-state index is 13.0. The van der Waals surface area contributed by atoms with Crippen molar-refractivity contribution in [3.8, 4) is 6.07 Å². The number of nitrogens with zero attached hydrogens (tertiary/aromatic N) is 5. The number of pyridine rings is 1. The van der Waals surface area contributed by atoms with Crippen LogP contribution < -0.4 is 10.2 Å². The molecule has 1 aliphatic heterocycles. The van der Waals surface area contributed by atoms with E-state index in [0.29, 0.717) is 27.9 Å². The average molecular weight is 529 g/mol. The number of aromatic nitrogens is 3. The second kappa shape index (κ2) is 8.95. The number of piperidine rings is 1. The zero-order chi connectivity index (χ0) is 26.8. The van der Waals surface area contributed by atoms with E-state index in [1.165, 1.54) is 0 Å². The van der Waals surface area contributed by atoms with Gasteiger partial charge in [-0.3, -0.25) is 19.2 Å². The minimum absolute atomic E-state index is 0.0112. The zero-order valence-corrected chi connectivity index (χ0v) is 22.4. The Labute approximate surface area is 226 Å². The lowest BCUT2D eigenvalue weighted by Gasteiger charge is -2.46. The van der Waals surface area contributed by atoms with E-state index in [9.17, 15) is 14.9 Å². The van der Waals surface area contributed by atoms with Gasteiger partial charge in [-0.25, -0.2) is 4.98 Å². The fourth-order valence-electron chi connectivity index (χ4n) is 6.16. The third kappa shape index (κ3) is 4.15. The molecule has 1 saturated heterocycles. The lowest BCUT2D eigenvalue weighted by Crippen LogP contribution is -2.52. The quantitative estimate of drug-likeness (QED) is 0.505. The second-order valence-corrected chi connectivity index (χ2v) is 11.7. The Morgan fingerprint density at radius 3 is 2.76 bits per heavy atom. The molecule has 194 valence electrons. The number of hydrogen-bond acceptors (Lipinski definition) is 5. The first-order valence-electron chi connectivity index (χ1n) is 13.0. The molecule has 2 aliphatic carbocycles. The van der Waals surface area contributed by atoms with Gasteiger partial charge in [0, 0.05) is 35.9 Å². The summed E-state index contributed by atoms with van der Waals surface area (Å²) in [6.45, 7) is 6.90. The van der Waals surface area contributed by atoms with Crippen molar-refractivity contribution in [3.05, 3.63) is 75.7 Å². The minimum Gasteiger partial charge on any atom is -0.349 e. The molecular weight excluding hydrogens is 500 g/mol. The van der Waals surface area contributed by atoms with Gasteiger partial charge in [0.1, 0.15) is 5.82 Å². The molecule has 3 aromatic rings. The normalized spacial score (nSPS) is 26.3. The molecule has 0 spiro atoms. The second-order valence-electron chi connectivity index (χ2n) is 11.3. The Kier molecular flexibility index (Phi) is 5.80. The Bertz CT molecular complexity index is 1500. The van der Waals surface area contributed by atoms with Crippen LogP contribution in [-0.2, 0) is 10.2 Å². The van der Waals surface area contributed by atoms with Crippen molar-refractivity contribution >= 4 is 29.2 Å². The molecule has 3 aliphatic rings. The molecule has 0 bridgehead atoms. The van der Waals surface area contributed by atoms with E-state index in [1.54, 1.807) is 34.1 Å². The minimum atomic E-state index is -0.205. The van der Waals surface area contributed by atoms with Crippen molar-refractivity contribution in [2.45, 2.75) is 57.5 Å². The van der Waals surface area contributed by atoms with Crippen molar-refractivity contribution in [2.24, 2.45) is 11.8 Å². The van der Waals surface area contributed by atoms with Gasteiger partial charge in [0.25, 0.3) is 5.91 Å². The van der Waals surface area contributed by atoms with E-state index in [2.05, 4.69) is 28.4 Å². The van der Waals surface area contributed by atoms with Crippen molar-refractivity contribution in [2.75, 3.05) is 11.4 Å². The number of nitrogens with one attached hydrogen (secondary N) is 1. The monoisotopic (exact) mass is 528 g/mol. The Balaban J connectivity index is 1.10. The van der Waals surface area contributed by atoms with Gasteiger partial charge < -0.3 is 5.32 Å². The Hall–Kier alpha value is -3.70. The molecule has 1 aromatic carbocycles. The van der Waals surface area contributed by atoms with Gasteiger partial charge in [-0.1, -0.05) is 18.5 Å². The number of aryl methyl sites for hydroxylation is 1. The highest BCUT2D eigenvalue weighted by Gasteiger charge is 2.52. The van der Waals surface area contributed by atoms with E-state index in [4.69, 9.17) is 11.6 Å². The number of rotatable bonds is 6. The fraction of sp³-hybridized carbons (Fsp3) is 0.414. The highest BCUT2D eigenvalue weighted by Crippen LogP contribution is 2.47. The van der Waals surface area contributed by atoms with Crippen LogP contribution in [0.5, 0.6) is 0 Å². The summed E-state index contributed by atoms with van der Waals surface area (Å²) in [5.74, 6) is 1.43. The van der Waals surface area contributed by atoms with Crippen LogP contribution in [0.1, 0.15) is 71.8 Å². The van der Waals surface area contributed by atoms with Crippen LogP contribution in [-0.4, -0.2) is 39.2 Å². The molecule has 2 saturated carbocycles. The van der Waals surface area contributed by atoms with E-state index < -0.39 is 0 Å². The van der Waals surface area contributed by atoms with Gasteiger partial charge >= 0.3 is 0 Å². The predicted octanol–water partition coefficient (Wildman–Crippen LogP) is 4.55. The van der Waals surface area contributed by atoms with Crippen LogP contribution in [0.25, 0.3) is 0 Å². The Morgan fingerprint density at radius 2 is 2.08 bits per heavy atom. The molecule has 0 radical (unpaired) electrons. The van der Waals surface area contributed by atoms with Gasteiger partial charge in [-0.15, -0.1) is 0 Å². The summed E-state index contributed by atoms with van der Waals surface area (Å²) in [6, 6.07) is 9.45. The number of anilines is 1. The summed E-state index contributed by atoms with van der Waals surface area (Å²) in [7, 11) is 0. The van der Waals surface area contributed by atoms with Crippen LogP contribution in [0.4, 0.5) is 5.82 Å². The fourth-order valence-corrected chi connectivity index (χ4v) is 6.33. The molecule has 2 aromatic heterocycles. The number of carbonyl (C=O) groups is 2. The summed E-state index contributed by atoms with van der Waals surface area (Å²) in [5, 5.41) is 17.7. The summed E-state index contributed by atoms with van der Waals surface area (Å²) in [6.07, 6.45) is 7.64. The summed E-state index contributed by atoms with van der Waals surface area (Å²) < 4.78 is 1.77. The molecule has 3 fully saturated rings. The third-order valence-electron chi connectivity index (χ3n) is 8.53. The lowest BCUT2D eigenvalue weighted by atomic mass is 9.62. The smallest absolute Gasteiger partial charge is 0.254 e. The molecule has 1 N–H and O–H groups in total. The number of nitriles is 1. The number of fused-ring (bicyclic) bond motifs is 1. The van der Waals surface area contributed by atoms with Crippen LogP contribution >= 0.6 is 11.6 Å². The van der Waals surface area contributed by atoms with Crippen molar-refractivity contribution in [3.63, 3.8) is 0 Å². The van der Waals surface area contributed by atoms with Crippen LogP contribution in [0, 0.1) is 30.1 Å². The van der Waals surface area contributed by atoms with Gasteiger partial charge in [-0.05, 0) is 85.4 Å². The van der Waals surface area contributed by atoms with Gasteiger partial charge in [0.15, 0.2) is 0 Å².